The van der Waals surface area contributed by atoms with E-state index in [9.17, 15) is 45.2 Å². The van der Waals surface area contributed by atoms with E-state index in [1.165, 1.54) is 54.8 Å². The first-order chi connectivity index (χ1) is 34.4. The lowest BCUT2D eigenvalue weighted by atomic mass is 9.96. The number of hydrogen-bond acceptors (Lipinski definition) is 11. The SMILES string of the molecule is CN(C)S(=O)(=O)N1CCC(COC(=O)N[C@H]2CCOc3c(C(=O)Nc4ccc(F)c(Cl)c4)ccc(F)c32)CC1.Cl.O=C(N[C@H]1CCOc2c(C(=O)Nc3ccc(F)c(Cl)c3)ccc(F)c21)OCC1CCNCC1. The Balaban J connectivity index is 0.000000238. The molecular weight excluding hydrogens is 1050 g/mol. The zero-order valence-corrected chi connectivity index (χ0v) is 42.7. The van der Waals surface area contributed by atoms with Crippen LogP contribution in [0.1, 0.15) is 82.5 Å². The van der Waals surface area contributed by atoms with Crippen molar-refractivity contribution in [2.45, 2.75) is 50.6 Å². The van der Waals surface area contributed by atoms with Gasteiger partial charge in [-0.15, -0.1) is 12.4 Å². The summed E-state index contributed by atoms with van der Waals surface area (Å²) in [5.41, 5.74) is 0.739. The molecule has 4 amide bonds. The maximum atomic E-state index is 14.9. The second-order valence-electron chi connectivity index (χ2n) is 17.5. The lowest BCUT2D eigenvalue weighted by Crippen LogP contribution is -2.45. The van der Waals surface area contributed by atoms with Crippen LogP contribution in [0, 0.1) is 35.1 Å². The van der Waals surface area contributed by atoms with Gasteiger partial charge in [-0.05, 0) is 111 Å². The van der Waals surface area contributed by atoms with Gasteiger partial charge in [0.2, 0.25) is 0 Å². The number of alkyl carbamates (subject to hydrolysis) is 2. The van der Waals surface area contributed by atoms with Crippen LogP contribution < -0.4 is 36.1 Å². The Hall–Kier alpha value is -5.62. The first-order valence-electron chi connectivity index (χ1n) is 23.1. The highest BCUT2D eigenvalue weighted by Crippen LogP contribution is 2.39. The van der Waals surface area contributed by atoms with E-state index in [1.807, 2.05) is 0 Å². The maximum absolute atomic E-state index is 14.9. The van der Waals surface area contributed by atoms with E-state index in [1.54, 1.807) is 0 Å². The fourth-order valence-corrected chi connectivity index (χ4v) is 9.98. The number of fused-ring (bicyclic) bond motifs is 2. The summed E-state index contributed by atoms with van der Waals surface area (Å²) in [7, 11) is -0.537. The van der Waals surface area contributed by atoms with Gasteiger partial charge >= 0.3 is 12.2 Å². The van der Waals surface area contributed by atoms with E-state index < -0.39 is 69.6 Å². The van der Waals surface area contributed by atoms with E-state index in [4.69, 9.17) is 42.1 Å². The molecule has 2 saturated heterocycles. The van der Waals surface area contributed by atoms with Crippen LogP contribution >= 0.6 is 35.6 Å². The number of benzene rings is 4. The summed E-state index contributed by atoms with van der Waals surface area (Å²) in [5.74, 6) is -3.39. The van der Waals surface area contributed by atoms with Crippen molar-refractivity contribution in [2.24, 2.45) is 11.8 Å². The van der Waals surface area contributed by atoms with Gasteiger partial charge in [-0.2, -0.15) is 17.0 Å². The van der Waals surface area contributed by atoms with Crippen LogP contribution in [0.25, 0.3) is 0 Å². The second kappa shape index (κ2) is 25.6. The first-order valence-corrected chi connectivity index (χ1v) is 25.2. The van der Waals surface area contributed by atoms with Gasteiger partial charge in [0.25, 0.3) is 22.0 Å². The van der Waals surface area contributed by atoms with Gasteiger partial charge in [0.1, 0.15) is 34.8 Å². The molecule has 0 saturated carbocycles. The minimum Gasteiger partial charge on any atom is -0.492 e. The summed E-state index contributed by atoms with van der Waals surface area (Å²) in [5, 5.41) is 13.5. The number of piperidine rings is 2. The van der Waals surface area contributed by atoms with Crippen molar-refractivity contribution >= 4 is 81.2 Å². The van der Waals surface area contributed by atoms with Crippen molar-refractivity contribution in [3.63, 3.8) is 0 Å². The second-order valence-corrected chi connectivity index (χ2v) is 20.5. The molecule has 0 spiro atoms. The molecule has 0 aromatic heterocycles. The molecule has 2 atom stereocenters. The molecule has 4 heterocycles. The molecule has 17 nitrogen and oxygen atoms in total. The van der Waals surface area contributed by atoms with Crippen molar-refractivity contribution in [3.05, 3.63) is 116 Å². The van der Waals surface area contributed by atoms with Gasteiger partial charge in [-0.3, -0.25) is 9.59 Å². The molecule has 0 bridgehead atoms. The fraction of sp³-hybridized carbons (Fsp3) is 0.417. The predicted octanol–water partition coefficient (Wildman–Crippen LogP) is 8.78. The van der Waals surface area contributed by atoms with Gasteiger partial charge in [0, 0.05) is 51.4 Å². The van der Waals surface area contributed by atoms with Gasteiger partial charge in [-0.25, -0.2) is 27.2 Å². The normalized spacial score (nSPS) is 17.9. The van der Waals surface area contributed by atoms with Crippen LogP contribution in [0.15, 0.2) is 60.7 Å². The van der Waals surface area contributed by atoms with Crippen LogP contribution in [0.3, 0.4) is 0 Å². The number of carbonyl (C=O) groups is 4. The van der Waals surface area contributed by atoms with Gasteiger partial charge in [0.05, 0.1) is 70.8 Å². The summed E-state index contributed by atoms with van der Waals surface area (Å²) < 4.78 is 106. The average molecular weight is 1100 g/mol. The van der Waals surface area contributed by atoms with E-state index >= 15 is 0 Å². The Morgan fingerprint density at radius 3 is 1.48 bits per heavy atom. The number of nitrogens with zero attached hydrogens (tertiary/aromatic N) is 2. The topological polar surface area (TPSA) is 206 Å². The zero-order chi connectivity index (χ0) is 51.7. The Morgan fingerprint density at radius 1 is 0.658 bits per heavy atom. The molecule has 2 fully saturated rings. The zero-order valence-electron chi connectivity index (χ0n) is 39.5. The van der Waals surface area contributed by atoms with Crippen molar-refractivity contribution in [1.82, 2.24) is 24.6 Å². The van der Waals surface area contributed by atoms with Crippen LogP contribution in [-0.4, -0.2) is 108 Å². The number of rotatable bonds is 12. The monoisotopic (exact) mass is 1100 g/mol. The molecule has 5 N–H and O–H groups in total. The third kappa shape index (κ3) is 14.4. The van der Waals surface area contributed by atoms with Gasteiger partial charge in [0.15, 0.2) is 0 Å². The van der Waals surface area contributed by atoms with E-state index in [-0.39, 0.29) is 99.7 Å². The van der Waals surface area contributed by atoms with E-state index in [0.29, 0.717) is 44.9 Å². The summed E-state index contributed by atoms with van der Waals surface area (Å²) >= 11 is 11.5. The van der Waals surface area contributed by atoms with E-state index in [0.717, 1.165) is 54.5 Å². The molecule has 396 valence electrons. The summed E-state index contributed by atoms with van der Waals surface area (Å²) in [6.45, 7) is 3.11. The number of amides is 4. The molecule has 4 aromatic rings. The Labute approximate surface area is 435 Å². The minimum atomic E-state index is -3.49. The molecule has 0 aliphatic carbocycles. The highest BCUT2D eigenvalue weighted by molar-refractivity contribution is 7.86. The number of nitrogens with one attached hydrogen (secondary N) is 5. The Kier molecular flexibility index (Phi) is 19.8. The highest BCUT2D eigenvalue weighted by atomic mass is 35.5. The summed E-state index contributed by atoms with van der Waals surface area (Å²) in [6.07, 6.45) is 2.11. The molecule has 25 heteroatoms. The molecular formula is C48H54Cl3F4N7O10S. The van der Waals surface area contributed by atoms with Crippen LogP contribution in [0.2, 0.25) is 10.0 Å². The molecule has 4 aromatic carbocycles. The van der Waals surface area contributed by atoms with Crippen molar-refractivity contribution in [1.29, 1.82) is 0 Å². The van der Waals surface area contributed by atoms with Crippen LogP contribution in [-0.2, 0) is 19.7 Å². The number of halogens is 7. The summed E-state index contributed by atoms with van der Waals surface area (Å²) in [6, 6.07) is 10.8. The number of hydrogen-bond donors (Lipinski definition) is 5. The maximum Gasteiger partial charge on any atom is 0.407 e. The number of carbonyl (C=O) groups excluding carboxylic acids is 4. The van der Waals surface area contributed by atoms with Gasteiger partial charge < -0.3 is 45.5 Å². The van der Waals surface area contributed by atoms with Crippen LogP contribution in [0.5, 0.6) is 11.5 Å². The lowest BCUT2D eigenvalue weighted by Gasteiger charge is -2.32. The fourth-order valence-electron chi connectivity index (χ4n) is 8.49. The molecule has 0 unspecified atom stereocenters. The average Bonchev–Trinajstić information content (AvgIpc) is 3.36. The Morgan fingerprint density at radius 2 is 1.07 bits per heavy atom. The minimum absolute atomic E-state index is 0. The predicted molar refractivity (Wildman–Crippen MR) is 266 cm³/mol. The van der Waals surface area contributed by atoms with Crippen LogP contribution in [0.4, 0.5) is 38.5 Å². The van der Waals surface area contributed by atoms with Crippen molar-refractivity contribution in [3.8, 4) is 11.5 Å². The number of anilines is 2. The molecule has 4 aliphatic rings. The molecule has 4 aliphatic heterocycles. The third-order valence-corrected chi connectivity index (χ3v) is 15.0. The van der Waals surface area contributed by atoms with E-state index in [2.05, 4.69) is 26.6 Å². The molecule has 73 heavy (non-hydrogen) atoms. The summed E-state index contributed by atoms with van der Waals surface area (Å²) in [4.78, 5) is 50.7. The van der Waals surface area contributed by atoms with Crippen molar-refractivity contribution < 1.29 is 64.1 Å². The molecule has 8 rings (SSSR count). The quantitative estimate of drug-likeness (QED) is 0.0848. The van der Waals surface area contributed by atoms with Gasteiger partial charge in [-0.1, -0.05) is 23.2 Å². The lowest BCUT2D eigenvalue weighted by molar-refractivity contribution is 0.100. The van der Waals surface area contributed by atoms with Crippen molar-refractivity contribution in [2.75, 3.05) is 77.3 Å². The Bertz CT molecular complexity index is 2770. The smallest absolute Gasteiger partial charge is 0.407 e. The number of ether oxygens (including phenoxy) is 4. The molecule has 0 radical (unpaired) electrons. The third-order valence-electron chi connectivity index (χ3n) is 12.4. The largest absolute Gasteiger partial charge is 0.492 e. The highest BCUT2D eigenvalue weighted by Gasteiger charge is 2.34. The standard InChI is InChI=1S/C25H29ClF2N4O6S.C23H24ClF2N3O4.ClH/c1-31(2)39(35,36)32-10-7-15(8-11-32)14-38-25(34)30-21-9-12-37-23-17(4-6-20(28)22(21)23)24(33)29-16-3-5-19(27)18(26)13-16;24-16-11-14(1-3-17(16)25)28-22(30)15-2-4-18(26)20-19(7-10-32-21(15)20)29-23(31)33-12-13-5-8-27-9-6-13;/h3-6,13,15,21H,7-12,14H2,1-2H3,(H,29,33)(H,30,34);1-4,11,13,19,27H,5-10,12H2,(H,28,30)(H,29,31);1H/t21-;19-;/m00./s1. The first kappa shape index (κ1) is 56.7.